The van der Waals surface area contributed by atoms with Gasteiger partial charge >= 0.3 is 0 Å². The monoisotopic (exact) mass is 310 g/mol. The van der Waals surface area contributed by atoms with Gasteiger partial charge in [-0.1, -0.05) is 0 Å². The molecule has 0 saturated carbocycles. The van der Waals surface area contributed by atoms with E-state index in [4.69, 9.17) is 0 Å². The van der Waals surface area contributed by atoms with Crippen LogP contribution in [0.1, 0.15) is 15.9 Å². The van der Waals surface area contributed by atoms with Crippen LogP contribution in [0.2, 0.25) is 0 Å². The van der Waals surface area contributed by atoms with Crippen LogP contribution in [0, 0.1) is 0 Å². The molecule has 8 N–H and O–H groups in total. The molecular weight excluding hydrogens is 300 g/mol. The number of aromatic hydroxyl groups is 8. The first-order chi connectivity index (χ1) is 10.2. The van der Waals surface area contributed by atoms with Gasteiger partial charge in [0.1, 0.15) is 16.9 Å². The maximum atomic E-state index is 12.2. The third kappa shape index (κ3) is 1.92. The molecule has 0 unspecified atom stereocenters. The van der Waals surface area contributed by atoms with Crippen molar-refractivity contribution in [3.63, 3.8) is 0 Å². The molecule has 0 atom stereocenters. The van der Waals surface area contributed by atoms with E-state index in [-0.39, 0.29) is 0 Å². The van der Waals surface area contributed by atoms with Gasteiger partial charge in [-0.2, -0.15) is 0 Å². The van der Waals surface area contributed by atoms with Crippen molar-refractivity contribution in [3.05, 3.63) is 23.3 Å². The van der Waals surface area contributed by atoms with E-state index in [0.29, 0.717) is 0 Å². The Labute approximate surface area is 121 Å². The average molecular weight is 310 g/mol. The molecule has 0 aliphatic carbocycles. The molecule has 2 rings (SSSR count). The van der Waals surface area contributed by atoms with E-state index >= 15 is 0 Å². The first-order valence-corrected chi connectivity index (χ1v) is 5.65. The number of rotatable bonds is 2. The van der Waals surface area contributed by atoms with E-state index in [1.807, 2.05) is 0 Å². The Morgan fingerprint density at radius 1 is 0.545 bits per heavy atom. The zero-order valence-electron chi connectivity index (χ0n) is 10.6. The predicted octanol–water partition coefficient (Wildman–Crippen LogP) is 0.562. The average Bonchev–Trinajstić information content (AvgIpc) is 2.47. The number of ketones is 1. The van der Waals surface area contributed by atoms with Crippen molar-refractivity contribution in [3.8, 4) is 46.0 Å². The maximum Gasteiger partial charge on any atom is 0.208 e. The van der Waals surface area contributed by atoms with Crippen molar-refractivity contribution in [1.29, 1.82) is 0 Å². The minimum absolute atomic E-state index is 0.771. The van der Waals surface area contributed by atoms with E-state index < -0.39 is 62.9 Å². The number of carbonyl (C=O) groups is 1. The molecule has 0 spiro atoms. The van der Waals surface area contributed by atoms with Gasteiger partial charge < -0.3 is 40.9 Å². The molecule has 9 nitrogen and oxygen atoms in total. The Bertz CT molecular complexity index is 766. The van der Waals surface area contributed by atoms with Crippen molar-refractivity contribution in [2.24, 2.45) is 0 Å². The second-order valence-corrected chi connectivity index (χ2v) is 4.27. The van der Waals surface area contributed by atoms with Gasteiger partial charge in [0.05, 0.1) is 0 Å². The first-order valence-electron chi connectivity index (χ1n) is 5.65. The SMILES string of the molecule is O=C(c1c(O)ccc(O)c1O)c1c(O)c(O)c(O)c(O)c1O. The lowest BCUT2D eigenvalue weighted by molar-refractivity contribution is 0.102. The fourth-order valence-corrected chi connectivity index (χ4v) is 1.82. The van der Waals surface area contributed by atoms with Gasteiger partial charge in [0.25, 0.3) is 0 Å². The molecule has 0 radical (unpaired) electrons. The molecule has 2 aromatic carbocycles. The third-order valence-electron chi connectivity index (χ3n) is 2.96. The normalized spacial score (nSPS) is 10.5. The number of hydrogen-bond acceptors (Lipinski definition) is 9. The van der Waals surface area contributed by atoms with Crippen molar-refractivity contribution in [2.75, 3.05) is 0 Å². The number of hydrogen-bond donors (Lipinski definition) is 8. The van der Waals surface area contributed by atoms with Crippen LogP contribution >= 0.6 is 0 Å². The lowest BCUT2D eigenvalue weighted by Gasteiger charge is -2.13. The maximum absolute atomic E-state index is 12.2. The van der Waals surface area contributed by atoms with Crippen molar-refractivity contribution in [2.45, 2.75) is 0 Å². The Balaban J connectivity index is 2.79. The molecule has 0 aromatic heterocycles. The van der Waals surface area contributed by atoms with Gasteiger partial charge in [-0.15, -0.1) is 0 Å². The fraction of sp³-hybridized carbons (Fsp3) is 0. The number of phenolic OH excluding ortho intramolecular Hbond substituents is 8. The molecule has 0 amide bonds. The summed E-state index contributed by atoms with van der Waals surface area (Å²) in [6.07, 6.45) is 0. The van der Waals surface area contributed by atoms with E-state index in [1.54, 1.807) is 0 Å². The molecule has 0 fully saturated rings. The number of benzene rings is 2. The second kappa shape index (κ2) is 4.81. The van der Waals surface area contributed by atoms with Crippen LogP contribution in [0.25, 0.3) is 0 Å². The topological polar surface area (TPSA) is 179 Å². The highest BCUT2D eigenvalue weighted by Gasteiger charge is 2.31. The van der Waals surface area contributed by atoms with Gasteiger partial charge in [0.15, 0.2) is 23.0 Å². The summed E-state index contributed by atoms with van der Waals surface area (Å²) in [7, 11) is 0. The molecule has 0 heterocycles. The van der Waals surface area contributed by atoms with Gasteiger partial charge in [0.2, 0.25) is 23.0 Å². The van der Waals surface area contributed by atoms with Gasteiger partial charge in [0, 0.05) is 0 Å². The van der Waals surface area contributed by atoms with Crippen molar-refractivity contribution >= 4 is 5.78 Å². The Hall–Kier alpha value is -3.49. The van der Waals surface area contributed by atoms with Gasteiger partial charge in [-0.25, -0.2) is 0 Å². The summed E-state index contributed by atoms with van der Waals surface area (Å²) in [6, 6.07) is 1.74. The Kier molecular flexibility index (Phi) is 3.26. The molecule has 116 valence electrons. The van der Waals surface area contributed by atoms with Crippen LogP contribution in [-0.4, -0.2) is 46.6 Å². The predicted molar refractivity (Wildman–Crippen MR) is 69.6 cm³/mol. The summed E-state index contributed by atoms with van der Waals surface area (Å²) in [6.45, 7) is 0. The van der Waals surface area contributed by atoms with E-state index in [0.717, 1.165) is 12.1 Å². The first kappa shape index (κ1) is 14.9. The number of carbonyl (C=O) groups excluding carboxylic acids is 1. The molecule has 0 bridgehead atoms. The molecule has 22 heavy (non-hydrogen) atoms. The Morgan fingerprint density at radius 2 is 0.955 bits per heavy atom. The van der Waals surface area contributed by atoms with Crippen LogP contribution < -0.4 is 0 Å². The van der Waals surface area contributed by atoms with Crippen LogP contribution in [0.15, 0.2) is 12.1 Å². The minimum atomic E-state index is -1.42. The Morgan fingerprint density at radius 3 is 1.45 bits per heavy atom. The standard InChI is InChI=1S/C13H10O9/c14-3-1-2-4(15)7(16)5(3)8(17)6-9(18)11(20)13(22)12(21)10(6)19/h1-2,14-16,18-22H. The van der Waals surface area contributed by atoms with Gasteiger partial charge in [-0.05, 0) is 12.1 Å². The summed E-state index contributed by atoms with van der Waals surface area (Å²) in [5, 5.41) is 75.8. The molecule has 0 aliphatic rings. The molecule has 0 saturated heterocycles. The highest BCUT2D eigenvalue weighted by molar-refractivity contribution is 6.16. The summed E-state index contributed by atoms with van der Waals surface area (Å²) in [5.74, 6) is -10.5. The second-order valence-electron chi connectivity index (χ2n) is 4.27. The fourth-order valence-electron chi connectivity index (χ4n) is 1.82. The summed E-state index contributed by atoms with van der Waals surface area (Å²) in [5.41, 5.74) is -1.99. The lowest BCUT2D eigenvalue weighted by atomic mass is 9.98. The van der Waals surface area contributed by atoms with Crippen molar-refractivity contribution < 1.29 is 45.6 Å². The van der Waals surface area contributed by atoms with E-state index in [2.05, 4.69) is 0 Å². The molecular formula is C13H10O9. The van der Waals surface area contributed by atoms with Crippen LogP contribution in [0.5, 0.6) is 46.0 Å². The van der Waals surface area contributed by atoms with E-state index in [9.17, 15) is 45.6 Å². The highest BCUT2D eigenvalue weighted by Crippen LogP contribution is 2.52. The summed E-state index contributed by atoms with van der Waals surface area (Å²) in [4.78, 5) is 12.2. The molecule has 2 aromatic rings. The molecule has 0 aliphatic heterocycles. The lowest BCUT2D eigenvalue weighted by Crippen LogP contribution is -2.04. The summed E-state index contributed by atoms with van der Waals surface area (Å²) >= 11 is 0. The minimum Gasteiger partial charge on any atom is -0.507 e. The van der Waals surface area contributed by atoms with E-state index in [1.165, 1.54) is 0 Å². The zero-order chi connectivity index (χ0) is 16.8. The summed E-state index contributed by atoms with van der Waals surface area (Å²) < 4.78 is 0. The van der Waals surface area contributed by atoms with Gasteiger partial charge in [-0.3, -0.25) is 4.79 Å². The third-order valence-corrected chi connectivity index (χ3v) is 2.96. The highest BCUT2D eigenvalue weighted by atomic mass is 16.4. The zero-order valence-corrected chi connectivity index (χ0v) is 10.6. The number of phenols is 8. The quantitative estimate of drug-likeness (QED) is 0.223. The smallest absolute Gasteiger partial charge is 0.208 e. The van der Waals surface area contributed by atoms with Crippen molar-refractivity contribution in [1.82, 2.24) is 0 Å². The van der Waals surface area contributed by atoms with Crippen LogP contribution in [0.4, 0.5) is 0 Å². The molecule has 9 heteroatoms. The largest absolute Gasteiger partial charge is 0.507 e. The van der Waals surface area contributed by atoms with Crippen LogP contribution in [0.3, 0.4) is 0 Å². The van der Waals surface area contributed by atoms with Crippen LogP contribution in [-0.2, 0) is 0 Å².